The summed E-state index contributed by atoms with van der Waals surface area (Å²) in [5.41, 5.74) is 0. The highest BCUT2D eigenvalue weighted by Crippen LogP contribution is 2.20. The van der Waals surface area contributed by atoms with Crippen molar-refractivity contribution in [3.63, 3.8) is 0 Å². The van der Waals surface area contributed by atoms with Crippen LogP contribution in [0.2, 0.25) is 0 Å². The summed E-state index contributed by atoms with van der Waals surface area (Å²) >= 11 is 0. The largest absolute Gasteiger partial charge is 0.378 e. The Hall–Kier alpha value is -0.0800. The molecular formula is C13H25NO. The minimum absolute atomic E-state index is 0.586. The molecule has 2 nitrogen and oxygen atoms in total. The topological polar surface area (TPSA) is 21.3 Å². The molecule has 0 spiro atoms. The SMILES string of the molecule is C1CCC(OCCCNC2CCC2)CC1. The number of hydrogen-bond acceptors (Lipinski definition) is 2. The van der Waals surface area contributed by atoms with E-state index in [-0.39, 0.29) is 0 Å². The van der Waals surface area contributed by atoms with Gasteiger partial charge in [0.1, 0.15) is 0 Å². The summed E-state index contributed by atoms with van der Waals surface area (Å²) in [5.74, 6) is 0. The van der Waals surface area contributed by atoms with Gasteiger partial charge in [0.15, 0.2) is 0 Å². The molecule has 88 valence electrons. The molecule has 0 atom stereocenters. The summed E-state index contributed by atoms with van der Waals surface area (Å²) in [6.45, 7) is 2.11. The number of nitrogens with one attached hydrogen (secondary N) is 1. The fraction of sp³-hybridized carbons (Fsp3) is 1.00. The summed E-state index contributed by atoms with van der Waals surface area (Å²) < 4.78 is 5.88. The molecule has 15 heavy (non-hydrogen) atoms. The molecule has 2 aliphatic rings. The Morgan fingerprint density at radius 2 is 1.73 bits per heavy atom. The molecule has 0 aromatic heterocycles. The van der Waals surface area contributed by atoms with Gasteiger partial charge in [-0.25, -0.2) is 0 Å². The maximum atomic E-state index is 5.88. The van der Waals surface area contributed by atoms with Crippen molar-refractivity contribution in [3.05, 3.63) is 0 Å². The smallest absolute Gasteiger partial charge is 0.0575 e. The molecule has 0 heterocycles. The number of hydrogen-bond donors (Lipinski definition) is 1. The van der Waals surface area contributed by atoms with Gasteiger partial charge in [-0.15, -0.1) is 0 Å². The second-order valence-electron chi connectivity index (χ2n) is 5.07. The Morgan fingerprint density at radius 3 is 2.40 bits per heavy atom. The van der Waals surface area contributed by atoms with E-state index in [9.17, 15) is 0 Å². The van der Waals surface area contributed by atoms with E-state index in [1.165, 1.54) is 57.8 Å². The Labute approximate surface area is 93.8 Å². The van der Waals surface area contributed by atoms with Crippen molar-refractivity contribution in [3.8, 4) is 0 Å². The van der Waals surface area contributed by atoms with Crippen molar-refractivity contribution in [2.75, 3.05) is 13.2 Å². The van der Waals surface area contributed by atoms with Crippen LogP contribution in [-0.4, -0.2) is 25.3 Å². The van der Waals surface area contributed by atoms with Crippen LogP contribution in [0.4, 0.5) is 0 Å². The quantitative estimate of drug-likeness (QED) is 0.682. The van der Waals surface area contributed by atoms with Crippen LogP contribution in [0.15, 0.2) is 0 Å². The molecular weight excluding hydrogens is 186 g/mol. The van der Waals surface area contributed by atoms with Gasteiger partial charge in [0.2, 0.25) is 0 Å². The molecule has 2 heteroatoms. The third-order valence-corrected chi connectivity index (χ3v) is 3.77. The van der Waals surface area contributed by atoms with Crippen LogP contribution in [0.1, 0.15) is 57.8 Å². The van der Waals surface area contributed by atoms with Crippen molar-refractivity contribution >= 4 is 0 Å². The van der Waals surface area contributed by atoms with Crippen molar-refractivity contribution in [2.45, 2.75) is 69.9 Å². The Kier molecular flexibility index (Phi) is 4.94. The average Bonchev–Trinajstić information content (AvgIpc) is 2.22. The van der Waals surface area contributed by atoms with Gasteiger partial charge in [-0.1, -0.05) is 25.7 Å². The highest BCUT2D eigenvalue weighted by molar-refractivity contribution is 4.75. The Balaban J connectivity index is 1.40. The van der Waals surface area contributed by atoms with Crippen LogP contribution in [0, 0.1) is 0 Å². The normalized spacial score (nSPS) is 24.0. The lowest BCUT2D eigenvalue weighted by molar-refractivity contribution is 0.0268. The molecule has 0 bridgehead atoms. The predicted octanol–water partition coefficient (Wildman–Crippen LogP) is 2.87. The van der Waals surface area contributed by atoms with Crippen LogP contribution < -0.4 is 5.32 Å². The van der Waals surface area contributed by atoms with Gasteiger partial charge in [-0.3, -0.25) is 0 Å². The first kappa shape index (κ1) is 11.4. The zero-order valence-corrected chi connectivity index (χ0v) is 9.84. The second-order valence-corrected chi connectivity index (χ2v) is 5.07. The minimum atomic E-state index is 0.586. The standard InChI is InChI=1S/C13H25NO/c1-2-8-13(9-3-1)15-11-5-10-14-12-6-4-7-12/h12-14H,1-11H2. The van der Waals surface area contributed by atoms with Crippen molar-refractivity contribution in [2.24, 2.45) is 0 Å². The van der Waals surface area contributed by atoms with Gasteiger partial charge in [-0.05, 0) is 38.6 Å². The van der Waals surface area contributed by atoms with Crippen LogP contribution in [0.25, 0.3) is 0 Å². The van der Waals surface area contributed by atoms with Gasteiger partial charge < -0.3 is 10.1 Å². The third kappa shape index (κ3) is 4.12. The van der Waals surface area contributed by atoms with E-state index in [4.69, 9.17) is 4.74 Å². The van der Waals surface area contributed by atoms with Crippen LogP contribution >= 0.6 is 0 Å². The molecule has 2 saturated carbocycles. The van der Waals surface area contributed by atoms with Crippen LogP contribution in [0.3, 0.4) is 0 Å². The lowest BCUT2D eigenvalue weighted by Crippen LogP contribution is -2.36. The molecule has 0 amide bonds. The summed E-state index contributed by atoms with van der Waals surface area (Å²) in [6, 6.07) is 0.833. The van der Waals surface area contributed by atoms with E-state index >= 15 is 0 Å². The fourth-order valence-electron chi connectivity index (χ4n) is 2.47. The van der Waals surface area contributed by atoms with Crippen LogP contribution in [-0.2, 0) is 4.74 Å². The minimum Gasteiger partial charge on any atom is -0.378 e. The average molecular weight is 211 g/mol. The summed E-state index contributed by atoms with van der Waals surface area (Å²) in [7, 11) is 0. The molecule has 2 fully saturated rings. The van der Waals surface area contributed by atoms with Crippen molar-refractivity contribution in [1.82, 2.24) is 5.32 Å². The molecule has 0 aromatic carbocycles. The molecule has 1 N–H and O–H groups in total. The monoisotopic (exact) mass is 211 g/mol. The second kappa shape index (κ2) is 6.49. The van der Waals surface area contributed by atoms with Crippen LogP contribution in [0.5, 0.6) is 0 Å². The third-order valence-electron chi connectivity index (χ3n) is 3.77. The Morgan fingerprint density at radius 1 is 0.933 bits per heavy atom. The van der Waals surface area contributed by atoms with Crippen molar-refractivity contribution in [1.29, 1.82) is 0 Å². The van der Waals surface area contributed by atoms with E-state index in [1.54, 1.807) is 0 Å². The molecule has 0 radical (unpaired) electrons. The van der Waals surface area contributed by atoms with E-state index in [0.29, 0.717) is 6.10 Å². The van der Waals surface area contributed by atoms with Gasteiger partial charge in [0.05, 0.1) is 6.10 Å². The van der Waals surface area contributed by atoms with Gasteiger partial charge in [-0.2, -0.15) is 0 Å². The first-order valence-electron chi connectivity index (χ1n) is 6.80. The van der Waals surface area contributed by atoms with Crippen molar-refractivity contribution < 1.29 is 4.74 Å². The van der Waals surface area contributed by atoms with E-state index in [2.05, 4.69) is 5.32 Å². The maximum absolute atomic E-state index is 5.88. The molecule has 0 aromatic rings. The summed E-state index contributed by atoms with van der Waals surface area (Å²) in [4.78, 5) is 0. The van der Waals surface area contributed by atoms with Gasteiger partial charge in [0, 0.05) is 12.6 Å². The first-order chi connectivity index (χ1) is 7.45. The first-order valence-corrected chi connectivity index (χ1v) is 6.80. The highest BCUT2D eigenvalue weighted by Gasteiger charge is 2.16. The lowest BCUT2D eigenvalue weighted by Gasteiger charge is -2.27. The van der Waals surface area contributed by atoms with E-state index in [0.717, 1.165) is 19.2 Å². The molecule has 0 aliphatic heterocycles. The predicted molar refractivity (Wildman–Crippen MR) is 63.1 cm³/mol. The van der Waals surface area contributed by atoms with Gasteiger partial charge in [0.25, 0.3) is 0 Å². The highest BCUT2D eigenvalue weighted by atomic mass is 16.5. The maximum Gasteiger partial charge on any atom is 0.0575 e. The molecule has 0 unspecified atom stereocenters. The zero-order chi connectivity index (χ0) is 10.3. The zero-order valence-electron chi connectivity index (χ0n) is 9.84. The molecule has 2 rings (SSSR count). The summed E-state index contributed by atoms with van der Waals surface area (Å²) in [5, 5.41) is 3.58. The Bertz CT molecular complexity index is 162. The fourth-order valence-corrected chi connectivity index (χ4v) is 2.47. The number of ether oxygens (including phenoxy) is 1. The van der Waals surface area contributed by atoms with E-state index < -0.39 is 0 Å². The molecule has 0 saturated heterocycles. The lowest BCUT2D eigenvalue weighted by atomic mass is 9.93. The molecule has 2 aliphatic carbocycles. The van der Waals surface area contributed by atoms with Gasteiger partial charge >= 0.3 is 0 Å². The summed E-state index contributed by atoms with van der Waals surface area (Å²) in [6.07, 6.45) is 12.8. The number of rotatable bonds is 6. The van der Waals surface area contributed by atoms with E-state index in [1.807, 2.05) is 0 Å².